The van der Waals surface area contributed by atoms with Crippen LogP contribution in [0.3, 0.4) is 0 Å². The molecule has 6 heteroatoms. The minimum Gasteiger partial charge on any atom is -0.357 e. The Morgan fingerprint density at radius 3 is 2.59 bits per heavy atom. The van der Waals surface area contributed by atoms with Gasteiger partial charge in [-0.1, -0.05) is 30.3 Å². The summed E-state index contributed by atoms with van der Waals surface area (Å²) in [6.07, 6.45) is 1.58. The zero-order valence-electron chi connectivity index (χ0n) is 12.4. The summed E-state index contributed by atoms with van der Waals surface area (Å²) >= 11 is 0. The number of benzene rings is 1. The van der Waals surface area contributed by atoms with E-state index < -0.39 is 0 Å². The standard InChI is InChI=1S/C16H19FN4.HI/c1-2-18-16(20-11-13-7-4-3-5-8-13)21-12-15-14(17)9-6-10-19-15;/h3-10H,2,11-12H2,1H3,(H2,18,20,21);1H. The molecule has 0 aliphatic rings. The summed E-state index contributed by atoms with van der Waals surface area (Å²) in [6, 6.07) is 13.0. The first-order valence-electron chi connectivity index (χ1n) is 6.95. The summed E-state index contributed by atoms with van der Waals surface area (Å²) < 4.78 is 13.5. The lowest BCUT2D eigenvalue weighted by Gasteiger charge is -2.11. The van der Waals surface area contributed by atoms with Gasteiger partial charge in [-0.25, -0.2) is 9.38 Å². The zero-order valence-corrected chi connectivity index (χ0v) is 14.8. The SMILES string of the molecule is CCNC(=NCc1ccccc1)NCc1ncccc1F.I. The average molecular weight is 414 g/mol. The van der Waals surface area contributed by atoms with Crippen LogP contribution in [-0.2, 0) is 13.1 Å². The van der Waals surface area contributed by atoms with E-state index >= 15 is 0 Å². The number of guanidine groups is 1. The molecule has 0 bridgehead atoms. The van der Waals surface area contributed by atoms with Crippen molar-refractivity contribution >= 4 is 29.9 Å². The number of hydrogen-bond donors (Lipinski definition) is 2. The second-order valence-electron chi connectivity index (χ2n) is 4.47. The lowest BCUT2D eigenvalue weighted by atomic mass is 10.2. The zero-order chi connectivity index (χ0) is 14.9. The second-order valence-corrected chi connectivity index (χ2v) is 4.47. The van der Waals surface area contributed by atoms with E-state index in [4.69, 9.17) is 0 Å². The van der Waals surface area contributed by atoms with Crippen molar-refractivity contribution in [2.45, 2.75) is 20.0 Å². The quantitative estimate of drug-likeness (QED) is 0.449. The van der Waals surface area contributed by atoms with Crippen LogP contribution in [-0.4, -0.2) is 17.5 Å². The molecule has 4 nitrogen and oxygen atoms in total. The van der Waals surface area contributed by atoms with Gasteiger partial charge in [0.1, 0.15) is 5.82 Å². The first-order chi connectivity index (χ1) is 10.3. The van der Waals surface area contributed by atoms with Crippen LogP contribution in [0.5, 0.6) is 0 Å². The van der Waals surface area contributed by atoms with Gasteiger partial charge in [-0.05, 0) is 24.6 Å². The third-order valence-corrected chi connectivity index (χ3v) is 2.86. The fourth-order valence-electron chi connectivity index (χ4n) is 1.81. The highest BCUT2D eigenvalue weighted by molar-refractivity contribution is 14.0. The molecule has 1 aromatic carbocycles. The number of halogens is 2. The summed E-state index contributed by atoms with van der Waals surface area (Å²) in [5, 5.41) is 6.22. The van der Waals surface area contributed by atoms with Gasteiger partial charge in [0.25, 0.3) is 0 Å². The third kappa shape index (κ3) is 5.97. The van der Waals surface area contributed by atoms with E-state index in [-0.39, 0.29) is 29.8 Å². The number of hydrogen-bond acceptors (Lipinski definition) is 2. The molecule has 0 atom stereocenters. The van der Waals surface area contributed by atoms with E-state index in [1.165, 1.54) is 6.07 Å². The molecule has 22 heavy (non-hydrogen) atoms. The molecule has 2 N–H and O–H groups in total. The second kappa shape index (κ2) is 10.1. The highest BCUT2D eigenvalue weighted by Crippen LogP contribution is 2.02. The molecule has 0 aliphatic heterocycles. The van der Waals surface area contributed by atoms with Crippen LogP contribution < -0.4 is 10.6 Å². The minimum absolute atomic E-state index is 0. The van der Waals surface area contributed by atoms with Crippen LogP contribution in [0.4, 0.5) is 4.39 Å². The lowest BCUT2D eigenvalue weighted by Crippen LogP contribution is -2.37. The molecule has 0 unspecified atom stereocenters. The summed E-state index contributed by atoms with van der Waals surface area (Å²) in [4.78, 5) is 8.48. The van der Waals surface area contributed by atoms with Crippen LogP contribution >= 0.6 is 24.0 Å². The van der Waals surface area contributed by atoms with Crippen molar-refractivity contribution in [2.24, 2.45) is 4.99 Å². The monoisotopic (exact) mass is 414 g/mol. The van der Waals surface area contributed by atoms with Gasteiger partial charge in [-0.15, -0.1) is 24.0 Å². The van der Waals surface area contributed by atoms with Crippen molar-refractivity contribution in [1.82, 2.24) is 15.6 Å². The van der Waals surface area contributed by atoms with Crippen molar-refractivity contribution in [3.05, 3.63) is 65.7 Å². The molecule has 2 rings (SSSR count). The van der Waals surface area contributed by atoms with Crippen LogP contribution in [0.2, 0.25) is 0 Å². The van der Waals surface area contributed by atoms with Crippen LogP contribution in [0.1, 0.15) is 18.2 Å². The number of aliphatic imine (C=N–C) groups is 1. The molecule has 0 amide bonds. The Morgan fingerprint density at radius 1 is 1.14 bits per heavy atom. The van der Waals surface area contributed by atoms with Gasteiger partial charge in [0.2, 0.25) is 0 Å². The Bertz CT molecular complexity index is 590. The van der Waals surface area contributed by atoms with Crippen molar-refractivity contribution in [3.8, 4) is 0 Å². The van der Waals surface area contributed by atoms with Gasteiger partial charge in [0, 0.05) is 12.7 Å². The van der Waals surface area contributed by atoms with Crippen molar-refractivity contribution < 1.29 is 4.39 Å². The van der Waals surface area contributed by atoms with E-state index in [2.05, 4.69) is 20.6 Å². The first-order valence-corrected chi connectivity index (χ1v) is 6.95. The molecule has 0 saturated carbocycles. The number of nitrogens with one attached hydrogen (secondary N) is 2. The van der Waals surface area contributed by atoms with Gasteiger partial charge in [0.15, 0.2) is 5.96 Å². The van der Waals surface area contributed by atoms with Crippen LogP contribution in [0.15, 0.2) is 53.7 Å². The molecular weight excluding hydrogens is 394 g/mol. The Hall–Kier alpha value is -1.70. The van der Waals surface area contributed by atoms with Crippen LogP contribution in [0, 0.1) is 5.82 Å². The van der Waals surface area contributed by atoms with E-state index in [0.29, 0.717) is 24.7 Å². The van der Waals surface area contributed by atoms with Gasteiger partial charge < -0.3 is 10.6 Å². The Kier molecular flexibility index (Phi) is 8.42. The molecule has 1 heterocycles. The molecule has 0 aliphatic carbocycles. The maximum atomic E-state index is 13.5. The third-order valence-electron chi connectivity index (χ3n) is 2.86. The number of nitrogens with zero attached hydrogens (tertiary/aromatic N) is 2. The molecule has 1 aromatic heterocycles. The molecule has 0 saturated heterocycles. The summed E-state index contributed by atoms with van der Waals surface area (Å²) in [7, 11) is 0. The molecule has 118 valence electrons. The highest BCUT2D eigenvalue weighted by atomic mass is 127. The normalized spacial score (nSPS) is 10.7. The number of aromatic nitrogens is 1. The topological polar surface area (TPSA) is 49.3 Å². The molecule has 0 fully saturated rings. The van der Waals surface area contributed by atoms with Gasteiger partial charge in [0.05, 0.1) is 18.8 Å². The maximum absolute atomic E-state index is 13.5. The van der Waals surface area contributed by atoms with E-state index in [1.807, 2.05) is 37.3 Å². The van der Waals surface area contributed by atoms with Gasteiger partial charge >= 0.3 is 0 Å². The average Bonchev–Trinajstić information content (AvgIpc) is 2.52. The predicted molar refractivity (Wildman–Crippen MR) is 97.7 cm³/mol. The fraction of sp³-hybridized carbons (Fsp3) is 0.250. The fourth-order valence-corrected chi connectivity index (χ4v) is 1.81. The summed E-state index contributed by atoms with van der Waals surface area (Å²) in [6.45, 7) is 3.60. The largest absolute Gasteiger partial charge is 0.357 e. The van der Waals surface area contributed by atoms with Crippen molar-refractivity contribution in [3.63, 3.8) is 0 Å². The Labute approximate surface area is 147 Å². The Balaban J connectivity index is 0.00000242. The highest BCUT2D eigenvalue weighted by Gasteiger charge is 2.03. The summed E-state index contributed by atoms with van der Waals surface area (Å²) in [5.41, 5.74) is 1.50. The van der Waals surface area contributed by atoms with Gasteiger partial charge in [-0.3, -0.25) is 4.98 Å². The minimum atomic E-state index is -0.316. The van der Waals surface area contributed by atoms with Crippen molar-refractivity contribution in [2.75, 3.05) is 6.54 Å². The van der Waals surface area contributed by atoms with Gasteiger partial charge in [-0.2, -0.15) is 0 Å². The van der Waals surface area contributed by atoms with Crippen molar-refractivity contribution in [1.29, 1.82) is 0 Å². The molecule has 0 radical (unpaired) electrons. The molecule has 2 aromatic rings. The first kappa shape index (κ1) is 18.3. The lowest BCUT2D eigenvalue weighted by molar-refractivity contribution is 0.592. The van der Waals surface area contributed by atoms with E-state index in [9.17, 15) is 4.39 Å². The van der Waals surface area contributed by atoms with Crippen LogP contribution in [0.25, 0.3) is 0 Å². The molecule has 0 spiro atoms. The Morgan fingerprint density at radius 2 is 1.91 bits per heavy atom. The number of pyridine rings is 1. The predicted octanol–water partition coefficient (Wildman–Crippen LogP) is 3.09. The molecular formula is C16H20FIN4. The smallest absolute Gasteiger partial charge is 0.191 e. The van der Waals surface area contributed by atoms with E-state index in [0.717, 1.165) is 12.1 Å². The summed E-state index contributed by atoms with van der Waals surface area (Å²) in [5.74, 6) is 0.329. The number of rotatable bonds is 5. The van der Waals surface area contributed by atoms with E-state index in [1.54, 1.807) is 12.3 Å². The maximum Gasteiger partial charge on any atom is 0.191 e.